The van der Waals surface area contributed by atoms with E-state index in [0.717, 1.165) is 37.5 Å². The topological polar surface area (TPSA) is 64.3 Å². The second-order valence-electron chi connectivity index (χ2n) is 9.42. The summed E-state index contributed by atoms with van der Waals surface area (Å²) in [6.07, 6.45) is 11.7. The minimum atomic E-state index is -0.00233. The SMILES string of the molecule is C[C@]12CCC(NOCCN)=CC1CC[C@@H]1[C@@H]2CC[C@]2(C)C(=O)CC[C@@H]12. The van der Waals surface area contributed by atoms with E-state index >= 15 is 0 Å². The van der Waals surface area contributed by atoms with Crippen LogP contribution in [0.25, 0.3) is 0 Å². The molecular formula is C21H34N2O2. The van der Waals surface area contributed by atoms with E-state index in [-0.39, 0.29) is 5.41 Å². The second-order valence-corrected chi connectivity index (χ2v) is 9.42. The number of carbonyl (C=O) groups is 1. The molecule has 3 N–H and O–H groups in total. The number of ketones is 1. The molecule has 1 unspecified atom stereocenters. The fourth-order valence-electron chi connectivity index (χ4n) is 6.92. The van der Waals surface area contributed by atoms with E-state index in [9.17, 15) is 4.79 Å². The molecule has 0 spiro atoms. The number of Topliss-reactive ketones (excluding diaryl/α,β-unsaturated/α-hetero) is 1. The molecule has 4 nitrogen and oxygen atoms in total. The lowest BCUT2D eigenvalue weighted by atomic mass is 9.46. The van der Waals surface area contributed by atoms with Crippen LogP contribution >= 0.6 is 0 Å². The standard InChI is InChI=1S/C21H34N2O2/c1-20-9-7-15(23-25-12-11-22)13-14(20)3-4-16-17-5-6-19(24)21(17,2)10-8-18(16)20/h13-14,16-18,23H,3-12,22H2,1-2H3/t14?,16-,17-,18-,20-,21-/m0/s1. The first-order chi connectivity index (χ1) is 12.0. The van der Waals surface area contributed by atoms with Crippen LogP contribution in [0, 0.1) is 34.5 Å². The van der Waals surface area contributed by atoms with Gasteiger partial charge in [-0.05, 0) is 74.0 Å². The van der Waals surface area contributed by atoms with Gasteiger partial charge in [-0.15, -0.1) is 0 Å². The van der Waals surface area contributed by atoms with Crippen LogP contribution in [-0.2, 0) is 9.63 Å². The molecular weight excluding hydrogens is 312 g/mol. The third-order valence-electron chi connectivity index (χ3n) is 8.41. The number of hydrogen-bond donors (Lipinski definition) is 2. The first-order valence-electron chi connectivity index (χ1n) is 10.3. The summed E-state index contributed by atoms with van der Waals surface area (Å²) in [7, 11) is 0. The van der Waals surface area contributed by atoms with Crippen LogP contribution in [-0.4, -0.2) is 18.9 Å². The Balaban J connectivity index is 1.52. The van der Waals surface area contributed by atoms with Crippen molar-refractivity contribution >= 4 is 5.78 Å². The Hall–Kier alpha value is -0.870. The number of hydroxylamine groups is 1. The highest BCUT2D eigenvalue weighted by atomic mass is 16.6. The van der Waals surface area contributed by atoms with Gasteiger partial charge in [0.2, 0.25) is 0 Å². The van der Waals surface area contributed by atoms with E-state index in [1.807, 2.05) is 0 Å². The molecule has 0 aliphatic heterocycles. The zero-order chi connectivity index (χ0) is 17.7. The van der Waals surface area contributed by atoms with Gasteiger partial charge in [-0.1, -0.05) is 19.9 Å². The summed E-state index contributed by atoms with van der Waals surface area (Å²) in [5, 5.41) is 0. The molecule has 6 atom stereocenters. The fraction of sp³-hybridized carbons (Fsp3) is 0.857. The molecule has 4 heteroatoms. The summed E-state index contributed by atoms with van der Waals surface area (Å²) >= 11 is 0. The number of allylic oxidation sites excluding steroid dienone is 2. The molecule has 0 heterocycles. The molecule has 4 aliphatic carbocycles. The molecule has 3 saturated carbocycles. The normalized spacial score (nSPS) is 46.0. The van der Waals surface area contributed by atoms with Gasteiger partial charge < -0.3 is 5.73 Å². The monoisotopic (exact) mass is 346 g/mol. The van der Waals surface area contributed by atoms with E-state index in [4.69, 9.17) is 10.6 Å². The number of nitrogens with two attached hydrogens (primary N) is 1. The zero-order valence-electron chi connectivity index (χ0n) is 15.9. The third-order valence-corrected chi connectivity index (χ3v) is 8.41. The molecule has 0 amide bonds. The quantitative estimate of drug-likeness (QED) is 0.603. The van der Waals surface area contributed by atoms with Crippen molar-refractivity contribution in [2.24, 2.45) is 40.2 Å². The van der Waals surface area contributed by atoms with E-state index in [2.05, 4.69) is 25.4 Å². The largest absolute Gasteiger partial charge is 0.328 e. The van der Waals surface area contributed by atoms with Crippen molar-refractivity contribution in [3.63, 3.8) is 0 Å². The lowest BCUT2D eigenvalue weighted by Crippen LogP contribution is -2.52. The van der Waals surface area contributed by atoms with Crippen LogP contribution in [0.3, 0.4) is 0 Å². The third kappa shape index (κ3) is 2.68. The lowest BCUT2D eigenvalue weighted by Gasteiger charge is -2.58. The maximum atomic E-state index is 12.5. The van der Waals surface area contributed by atoms with Crippen LogP contribution in [0.2, 0.25) is 0 Å². The summed E-state index contributed by atoms with van der Waals surface area (Å²) in [6, 6.07) is 0. The van der Waals surface area contributed by atoms with Crippen LogP contribution in [0.5, 0.6) is 0 Å². The molecule has 0 radical (unpaired) electrons. The van der Waals surface area contributed by atoms with E-state index in [1.54, 1.807) is 0 Å². The van der Waals surface area contributed by atoms with Gasteiger partial charge in [-0.25, -0.2) is 0 Å². The van der Waals surface area contributed by atoms with Crippen molar-refractivity contribution in [2.45, 2.75) is 65.2 Å². The van der Waals surface area contributed by atoms with Gasteiger partial charge >= 0.3 is 0 Å². The molecule has 140 valence electrons. The average molecular weight is 347 g/mol. The Kier molecular flexibility index (Phi) is 4.48. The van der Waals surface area contributed by atoms with Crippen LogP contribution in [0.15, 0.2) is 11.8 Å². The van der Waals surface area contributed by atoms with Crippen molar-refractivity contribution in [3.8, 4) is 0 Å². The van der Waals surface area contributed by atoms with E-state index < -0.39 is 0 Å². The minimum absolute atomic E-state index is 0.00233. The van der Waals surface area contributed by atoms with Gasteiger partial charge in [0, 0.05) is 24.1 Å². The van der Waals surface area contributed by atoms with E-state index in [0.29, 0.717) is 36.2 Å². The van der Waals surface area contributed by atoms with Gasteiger partial charge in [-0.2, -0.15) is 0 Å². The zero-order valence-corrected chi connectivity index (χ0v) is 15.9. The Morgan fingerprint density at radius 2 is 2.00 bits per heavy atom. The molecule has 3 fully saturated rings. The highest BCUT2D eigenvalue weighted by molar-refractivity contribution is 5.87. The smallest absolute Gasteiger partial charge is 0.139 e. The Morgan fingerprint density at radius 1 is 1.16 bits per heavy atom. The summed E-state index contributed by atoms with van der Waals surface area (Å²) in [6.45, 7) is 5.90. The number of hydrogen-bond acceptors (Lipinski definition) is 4. The summed E-state index contributed by atoms with van der Waals surface area (Å²) in [4.78, 5) is 17.9. The first kappa shape index (κ1) is 17.5. The lowest BCUT2D eigenvalue weighted by molar-refractivity contribution is -0.135. The molecule has 4 rings (SSSR count). The summed E-state index contributed by atoms with van der Waals surface area (Å²) in [5.41, 5.74) is 10.3. The van der Waals surface area contributed by atoms with Crippen LogP contribution in [0.4, 0.5) is 0 Å². The maximum absolute atomic E-state index is 12.5. The first-order valence-corrected chi connectivity index (χ1v) is 10.3. The van der Waals surface area contributed by atoms with Crippen molar-refractivity contribution < 1.29 is 9.63 Å². The van der Waals surface area contributed by atoms with Gasteiger partial charge in [0.25, 0.3) is 0 Å². The molecule has 4 aliphatic rings. The molecule has 0 bridgehead atoms. The second kappa shape index (κ2) is 6.38. The van der Waals surface area contributed by atoms with Crippen LogP contribution < -0.4 is 11.2 Å². The summed E-state index contributed by atoms with van der Waals surface area (Å²) in [5.74, 6) is 3.40. The number of fused-ring (bicyclic) bond motifs is 5. The number of nitrogens with one attached hydrogen (secondary N) is 1. The van der Waals surface area contributed by atoms with Gasteiger partial charge in [0.05, 0.1) is 6.61 Å². The molecule has 0 aromatic carbocycles. The minimum Gasteiger partial charge on any atom is -0.328 e. The number of carbonyl (C=O) groups excluding carboxylic acids is 1. The molecule has 25 heavy (non-hydrogen) atoms. The van der Waals surface area contributed by atoms with Gasteiger partial charge in [-0.3, -0.25) is 15.1 Å². The Morgan fingerprint density at radius 3 is 2.80 bits per heavy atom. The molecule has 0 saturated heterocycles. The van der Waals surface area contributed by atoms with Crippen molar-refractivity contribution in [2.75, 3.05) is 13.2 Å². The van der Waals surface area contributed by atoms with Gasteiger partial charge in [0.1, 0.15) is 5.78 Å². The van der Waals surface area contributed by atoms with E-state index in [1.165, 1.54) is 31.4 Å². The van der Waals surface area contributed by atoms with Crippen LogP contribution in [0.1, 0.15) is 65.2 Å². The predicted octanol–water partition coefficient (Wildman–Crippen LogP) is 3.57. The van der Waals surface area contributed by atoms with Crippen molar-refractivity contribution in [3.05, 3.63) is 11.8 Å². The Labute approximate surface area is 151 Å². The number of rotatable bonds is 4. The molecule has 0 aromatic rings. The predicted molar refractivity (Wildman–Crippen MR) is 98.3 cm³/mol. The maximum Gasteiger partial charge on any atom is 0.139 e. The highest BCUT2D eigenvalue weighted by Crippen LogP contribution is 2.64. The van der Waals surface area contributed by atoms with Gasteiger partial charge in [0.15, 0.2) is 0 Å². The van der Waals surface area contributed by atoms with Crippen molar-refractivity contribution in [1.82, 2.24) is 5.48 Å². The average Bonchev–Trinajstić information content (AvgIpc) is 2.90. The van der Waals surface area contributed by atoms with Crippen molar-refractivity contribution in [1.29, 1.82) is 0 Å². The highest BCUT2D eigenvalue weighted by Gasteiger charge is 2.59. The Bertz CT molecular complexity index is 574. The fourth-order valence-corrected chi connectivity index (χ4v) is 6.92. The molecule has 0 aromatic heterocycles. The summed E-state index contributed by atoms with van der Waals surface area (Å²) < 4.78 is 0.